The highest BCUT2D eigenvalue weighted by atomic mass is 35.5. The number of hydrogen-bond donors (Lipinski definition) is 0. The lowest BCUT2D eigenvalue weighted by atomic mass is 9.78. The Hall–Kier alpha value is -0.210. The molecule has 1 aliphatic heterocycles. The Kier molecular flexibility index (Phi) is 2.93. The number of hydrogen-bond acceptors (Lipinski definition) is 2. The van der Waals surface area contributed by atoms with Crippen LogP contribution in [-0.4, -0.2) is 12.1 Å². The number of carbonyl (C=O) groups is 1. The van der Waals surface area contributed by atoms with Crippen LogP contribution < -0.4 is 0 Å². The first kappa shape index (κ1) is 10.9. The van der Waals surface area contributed by atoms with E-state index >= 15 is 0 Å². The van der Waals surface area contributed by atoms with Crippen molar-refractivity contribution in [3.63, 3.8) is 0 Å². The first-order chi connectivity index (χ1) is 5.85. The predicted molar refractivity (Wildman–Crippen MR) is 52.6 cm³/mol. The fraction of sp³-hybridized carbons (Fsp3) is 0.667. The Labute approximate surface area is 87.8 Å². The number of cyclic esters (lactones) is 1. The molecular weight excluding hydrogens is 211 g/mol. The minimum absolute atomic E-state index is 0.124. The molecule has 0 aromatic carbocycles. The fourth-order valence-electron chi connectivity index (χ4n) is 1.29. The van der Waals surface area contributed by atoms with Crippen molar-refractivity contribution in [1.82, 2.24) is 0 Å². The van der Waals surface area contributed by atoms with E-state index in [2.05, 4.69) is 0 Å². The van der Waals surface area contributed by atoms with Crippen molar-refractivity contribution in [2.24, 2.45) is 11.3 Å². The van der Waals surface area contributed by atoms with Crippen LogP contribution in [0.5, 0.6) is 0 Å². The monoisotopic (exact) mass is 222 g/mol. The van der Waals surface area contributed by atoms with Gasteiger partial charge in [-0.3, -0.25) is 4.79 Å². The van der Waals surface area contributed by atoms with Gasteiger partial charge in [-0.2, -0.15) is 0 Å². The summed E-state index contributed by atoms with van der Waals surface area (Å²) in [4.78, 5) is 11.2. The molecule has 2 atom stereocenters. The molecule has 1 heterocycles. The molecule has 0 radical (unpaired) electrons. The zero-order valence-corrected chi connectivity index (χ0v) is 9.32. The minimum atomic E-state index is -0.319. The highest BCUT2D eigenvalue weighted by Gasteiger charge is 2.47. The Balaban J connectivity index is 2.91. The first-order valence-electron chi connectivity index (χ1n) is 4.09. The summed E-state index contributed by atoms with van der Waals surface area (Å²) in [6.07, 6.45) is 1.24. The summed E-state index contributed by atoms with van der Waals surface area (Å²) in [6.45, 7) is 5.76. The van der Waals surface area contributed by atoms with Gasteiger partial charge >= 0.3 is 5.97 Å². The first-order valence-corrected chi connectivity index (χ1v) is 4.84. The van der Waals surface area contributed by atoms with Crippen LogP contribution in [0.1, 0.15) is 20.8 Å². The van der Waals surface area contributed by atoms with E-state index in [9.17, 15) is 4.79 Å². The minimum Gasteiger partial charge on any atom is -0.457 e. The zero-order valence-electron chi connectivity index (χ0n) is 7.80. The van der Waals surface area contributed by atoms with Gasteiger partial charge in [0, 0.05) is 5.41 Å². The topological polar surface area (TPSA) is 26.3 Å². The normalized spacial score (nSPS) is 31.3. The highest BCUT2D eigenvalue weighted by Crippen LogP contribution is 2.41. The summed E-state index contributed by atoms with van der Waals surface area (Å²) in [7, 11) is 0. The van der Waals surface area contributed by atoms with Gasteiger partial charge < -0.3 is 4.74 Å². The molecule has 2 nitrogen and oxygen atoms in total. The van der Waals surface area contributed by atoms with Crippen molar-refractivity contribution in [2.75, 3.05) is 0 Å². The lowest BCUT2D eigenvalue weighted by molar-refractivity contribution is -0.142. The Morgan fingerprint density at radius 1 is 1.54 bits per heavy atom. The van der Waals surface area contributed by atoms with Crippen LogP contribution in [0, 0.1) is 11.3 Å². The molecule has 0 spiro atoms. The molecule has 0 amide bonds. The molecule has 13 heavy (non-hydrogen) atoms. The third-order valence-corrected chi connectivity index (χ3v) is 2.98. The second-order valence-corrected chi connectivity index (χ2v) is 4.86. The highest BCUT2D eigenvalue weighted by molar-refractivity contribution is 6.55. The Morgan fingerprint density at radius 3 is 2.38 bits per heavy atom. The van der Waals surface area contributed by atoms with E-state index in [0.29, 0.717) is 0 Å². The quantitative estimate of drug-likeness (QED) is 0.639. The van der Waals surface area contributed by atoms with Crippen LogP contribution in [0.25, 0.3) is 0 Å². The van der Waals surface area contributed by atoms with Crippen molar-refractivity contribution in [3.05, 3.63) is 10.6 Å². The van der Waals surface area contributed by atoms with E-state index in [0.717, 1.165) is 0 Å². The third-order valence-electron chi connectivity index (χ3n) is 2.72. The standard InChI is InChI=1S/C9H12Cl2O2/c1-5-8(12)13-6(4-7(10)11)9(5,2)3/h4-6H,1-3H3. The molecule has 74 valence electrons. The largest absolute Gasteiger partial charge is 0.457 e. The molecule has 1 fully saturated rings. The van der Waals surface area contributed by atoms with E-state index in [4.69, 9.17) is 27.9 Å². The number of rotatable bonds is 1. The van der Waals surface area contributed by atoms with Gasteiger partial charge in [-0.05, 0) is 6.08 Å². The van der Waals surface area contributed by atoms with Gasteiger partial charge in [-0.25, -0.2) is 0 Å². The molecule has 1 rings (SSSR count). The van der Waals surface area contributed by atoms with Gasteiger partial charge in [0.15, 0.2) is 0 Å². The van der Waals surface area contributed by atoms with Crippen LogP contribution in [0.4, 0.5) is 0 Å². The lowest BCUT2D eigenvalue weighted by Gasteiger charge is -2.24. The number of esters is 1. The Bertz CT molecular complexity index is 254. The second-order valence-electron chi connectivity index (χ2n) is 3.86. The van der Waals surface area contributed by atoms with Crippen LogP contribution in [-0.2, 0) is 9.53 Å². The van der Waals surface area contributed by atoms with E-state index in [-0.39, 0.29) is 27.9 Å². The predicted octanol–water partition coefficient (Wildman–Crippen LogP) is 2.89. The van der Waals surface area contributed by atoms with Crippen molar-refractivity contribution < 1.29 is 9.53 Å². The third kappa shape index (κ3) is 2.00. The van der Waals surface area contributed by atoms with E-state index in [1.54, 1.807) is 6.08 Å². The van der Waals surface area contributed by atoms with Gasteiger partial charge in [-0.1, -0.05) is 44.0 Å². The molecule has 0 saturated carbocycles. The van der Waals surface area contributed by atoms with E-state index < -0.39 is 0 Å². The van der Waals surface area contributed by atoms with Crippen molar-refractivity contribution >= 4 is 29.2 Å². The SMILES string of the molecule is CC1C(=O)OC(C=C(Cl)Cl)C1(C)C. The van der Waals surface area contributed by atoms with Crippen LogP contribution in [0.3, 0.4) is 0 Å². The van der Waals surface area contributed by atoms with Gasteiger partial charge in [0.2, 0.25) is 0 Å². The van der Waals surface area contributed by atoms with E-state index in [1.165, 1.54) is 0 Å². The molecule has 0 aromatic rings. The van der Waals surface area contributed by atoms with Crippen molar-refractivity contribution in [2.45, 2.75) is 26.9 Å². The zero-order chi connectivity index (χ0) is 10.2. The maximum Gasteiger partial charge on any atom is 0.309 e. The molecule has 0 aromatic heterocycles. The van der Waals surface area contributed by atoms with Gasteiger partial charge in [0.05, 0.1) is 5.92 Å². The second kappa shape index (κ2) is 3.50. The summed E-state index contributed by atoms with van der Waals surface area (Å²) in [6, 6.07) is 0. The molecular formula is C9H12Cl2O2. The number of halogens is 2. The van der Waals surface area contributed by atoms with Gasteiger partial charge in [-0.15, -0.1) is 0 Å². The maximum atomic E-state index is 11.2. The van der Waals surface area contributed by atoms with Gasteiger partial charge in [0.1, 0.15) is 10.6 Å². The lowest BCUT2D eigenvalue weighted by Crippen LogP contribution is -2.27. The average molecular weight is 223 g/mol. The van der Waals surface area contributed by atoms with Gasteiger partial charge in [0.25, 0.3) is 0 Å². The summed E-state index contributed by atoms with van der Waals surface area (Å²) >= 11 is 11.0. The van der Waals surface area contributed by atoms with Crippen LogP contribution in [0.15, 0.2) is 10.6 Å². The summed E-state index contributed by atoms with van der Waals surface area (Å²) < 4.78 is 5.25. The number of ether oxygens (including phenoxy) is 1. The fourth-order valence-corrected chi connectivity index (χ4v) is 1.52. The van der Waals surface area contributed by atoms with Crippen molar-refractivity contribution in [1.29, 1.82) is 0 Å². The number of carbonyl (C=O) groups excluding carboxylic acids is 1. The summed E-state index contributed by atoms with van der Waals surface area (Å²) in [5.41, 5.74) is -0.244. The molecule has 0 bridgehead atoms. The van der Waals surface area contributed by atoms with Crippen LogP contribution >= 0.6 is 23.2 Å². The Morgan fingerprint density at radius 2 is 2.08 bits per heavy atom. The molecule has 0 N–H and O–H groups in total. The summed E-state index contributed by atoms with van der Waals surface area (Å²) in [5, 5.41) is 0. The molecule has 4 heteroatoms. The maximum absolute atomic E-state index is 11.2. The van der Waals surface area contributed by atoms with Crippen LogP contribution in [0.2, 0.25) is 0 Å². The van der Waals surface area contributed by atoms with Crippen molar-refractivity contribution in [3.8, 4) is 0 Å². The molecule has 2 unspecified atom stereocenters. The summed E-state index contributed by atoms with van der Waals surface area (Å²) in [5.74, 6) is -0.317. The molecule has 1 saturated heterocycles. The average Bonchev–Trinajstić information content (AvgIpc) is 2.15. The van der Waals surface area contributed by atoms with E-state index in [1.807, 2.05) is 20.8 Å². The molecule has 0 aliphatic carbocycles. The smallest absolute Gasteiger partial charge is 0.309 e. The molecule has 1 aliphatic rings.